The first-order valence-electron chi connectivity index (χ1n) is 6.08. The van der Waals surface area contributed by atoms with Crippen LogP contribution in [0.2, 0.25) is 0 Å². The van der Waals surface area contributed by atoms with Crippen molar-refractivity contribution in [2.45, 2.75) is 11.8 Å². The number of aromatic nitrogens is 1. The number of nitrogens with one attached hydrogen (secondary N) is 3. The van der Waals surface area contributed by atoms with Gasteiger partial charge in [0.05, 0.1) is 5.75 Å². The number of hydrazine groups is 1. The Bertz CT molecular complexity index is 596. The van der Waals surface area contributed by atoms with E-state index in [1.54, 1.807) is 18.3 Å². The first-order valence-corrected chi connectivity index (χ1v) is 7.06. The van der Waals surface area contributed by atoms with Crippen LogP contribution in [0.25, 0.3) is 0 Å². The van der Waals surface area contributed by atoms with E-state index in [9.17, 15) is 9.59 Å². The van der Waals surface area contributed by atoms with Gasteiger partial charge in [-0.1, -0.05) is 18.2 Å². The second-order valence-corrected chi connectivity index (χ2v) is 5.16. The Kier molecular flexibility index (Phi) is 4.84. The molecule has 0 aliphatic heterocycles. The molecule has 2 amide bonds. The minimum Gasteiger partial charge on any atom is -0.357 e. The van der Waals surface area contributed by atoms with Gasteiger partial charge >= 0.3 is 0 Å². The number of benzene rings is 1. The number of carbonyl (C=O) groups is 2. The number of aromatic amines is 1. The van der Waals surface area contributed by atoms with Gasteiger partial charge in [-0.05, 0) is 30.7 Å². The lowest BCUT2D eigenvalue weighted by Crippen LogP contribution is -2.42. The lowest BCUT2D eigenvalue weighted by atomic mass is 10.2. The number of thioether (sulfide) groups is 1. The molecule has 0 bridgehead atoms. The van der Waals surface area contributed by atoms with Gasteiger partial charge in [-0.25, -0.2) is 0 Å². The van der Waals surface area contributed by atoms with Crippen LogP contribution in [-0.2, 0) is 4.79 Å². The van der Waals surface area contributed by atoms with Crippen LogP contribution in [0.3, 0.4) is 0 Å². The van der Waals surface area contributed by atoms with E-state index in [2.05, 4.69) is 15.8 Å². The topological polar surface area (TPSA) is 74.0 Å². The zero-order valence-corrected chi connectivity index (χ0v) is 11.8. The maximum absolute atomic E-state index is 11.6. The lowest BCUT2D eigenvalue weighted by molar-refractivity contribution is -0.119. The lowest BCUT2D eigenvalue weighted by Gasteiger charge is -2.07. The molecule has 0 aliphatic carbocycles. The molecule has 0 saturated carbocycles. The van der Waals surface area contributed by atoms with Gasteiger partial charge in [0.15, 0.2) is 0 Å². The normalized spacial score (nSPS) is 10.1. The van der Waals surface area contributed by atoms with Crippen LogP contribution in [0.4, 0.5) is 0 Å². The summed E-state index contributed by atoms with van der Waals surface area (Å²) < 4.78 is 0. The third-order valence-corrected chi connectivity index (χ3v) is 3.79. The van der Waals surface area contributed by atoms with Gasteiger partial charge in [-0.2, -0.15) is 0 Å². The average Bonchev–Trinajstić information content (AvgIpc) is 2.98. The Labute approximate surface area is 121 Å². The minimum atomic E-state index is -0.371. The molecule has 0 radical (unpaired) electrons. The number of hydrogen-bond donors (Lipinski definition) is 3. The molecule has 2 aromatic rings. The van der Waals surface area contributed by atoms with Gasteiger partial charge in [-0.15, -0.1) is 11.8 Å². The highest BCUT2D eigenvalue weighted by Crippen LogP contribution is 2.21. The number of amides is 2. The Balaban J connectivity index is 1.76. The van der Waals surface area contributed by atoms with Gasteiger partial charge in [-0.3, -0.25) is 20.4 Å². The fourth-order valence-electron chi connectivity index (χ4n) is 1.56. The van der Waals surface area contributed by atoms with E-state index in [1.165, 1.54) is 11.8 Å². The highest BCUT2D eigenvalue weighted by molar-refractivity contribution is 8.00. The number of H-pyrrole nitrogens is 1. The first-order chi connectivity index (χ1) is 9.66. The Morgan fingerprint density at radius 2 is 1.95 bits per heavy atom. The largest absolute Gasteiger partial charge is 0.357 e. The summed E-state index contributed by atoms with van der Waals surface area (Å²) in [4.78, 5) is 27.0. The molecule has 6 heteroatoms. The van der Waals surface area contributed by atoms with Crippen molar-refractivity contribution >= 4 is 23.6 Å². The molecule has 0 saturated heterocycles. The molecule has 104 valence electrons. The van der Waals surface area contributed by atoms with Crippen LogP contribution in [0, 0.1) is 6.92 Å². The van der Waals surface area contributed by atoms with E-state index < -0.39 is 0 Å². The fourth-order valence-corrected chi connectivity index (χ4v) is 2.39. The second-order valence-electron chi connectivity index (χ2n) is 4.14. The maximum atomic E-state index is 11.6. The quantitative estimate of drug-likeness (QED) is 0.594. The van der Waals surface area contributed by atoms with Crippen LogP contribution < -0.4 is 10.9 Å². The molecular formula is C14H15N3O2S. The smallest absolute Gasteiger partial charge is 0.286 e. The summed E-state index contributed by atoms with van der Waals surface area (Å²) in [5.41, 5.74) is 6.26. The Hall–Kier alpha value is -2.21. The molecule has 0 spiro atoms. The van der Waals surface area contributed by atoms with E-state index in [-0.39, 0.29) is 17.6 Å². The Morgan fingerprint density at radius 3 is 2.65 bits per heavy atom. The molecule has 3 N–H and O–H groups in total. The minimum absolute atomic E-state index is 0.246. The molecule has 1 aromatic carbocycles. The van der Waals surface area contributed by atoms with E-state index in [0.717, 1.165) is 10.5 Å². The molecule has 0 atom stereocenters. The summed E-state index contributed by atoms with van der Waals surface area (Å²) in [5, 5.41) is 0. The highest BCUT2D eigenvalue weighted by atomic mass is 32.2. The number of aryl methyl sites for hydroxylation is 1. The molecule has 20 heavy (non-hydrogen) atoms. The molecule has 0 unspecified atom stereocenters. The van der Waals surface area contributed by atoms with Crippen LogP contribution >= 0.6 is 11.8 Å². The summed E-state index contributed by atoms with van der Waals surface area (Å²) >= 11 is 1.43. The van der Waals surface area contributed by atoms with Crippen molar-refractivity contribution in [2.24, 2.45) is 0 Å². The second kappa shape index (κ2) is 6.81. The summed E-state index contributed by atoms with van der Waals surface area (Å²) in [7, 11) is 0. The van der Waals surface area contributed by atoms with Crippen molar-refractivity contribution in [3.63, 3.8) is 0 Å². The van der Waals surface area contributed by atoms with E-state index in [0.29, 0.717) is 5.69 Å². The molecule has 5 nitrogen and oxygen atoms in total. The fraction of sp³-hybridized carbons (Fsp3) is 0.143. The third-order valence-electron chi connectivity index (χ3n) is 2.61. The van der Waals surface area contributed by atoms with Gasteiger partial charge in [0.1, 0.15) is 5.69 Å². The van der Waals surface area contributed by atoms with E-state index in [4.69, 9.17) is 0 Å². The summed E-state index contributed by atoms with van der Waals surface area (Å²) in [5.74, 6) is -0.377. The zero-order chi connectivity index (χ0) is 14.4. The van der Waals surface area contributed by atoms with Crippen molar-refractivity contribution in [3.05, 3.63) is 53.9 Å². The van der Waals surface area contributed by atoms with Crippen LogP contribution in [0.5, 0.6) is 0 Å². The Morgan fingerprint density at radius 1 is 1.15 bits per heavy atom. The van der Waals surface area contributed by atoms with Gasteiger partial charge in [0, 0.05) is 11.1 Å². The predicted molar refractivity (Wildman–Crippen MR) is 78.3 cm³/mol. The van der Waals surface area contributed by atoms with Crippen molar-refractivity contribution in [1.82, 2.24) is 15.8 Å². The SMILES string of the molecule is Cc1ccccc1SCC(=O)NNC(=O)c1ccc[nH]1. The standard InChI is InChI=1S/C14H15N3O2S/c1-10-5-2-3-7-12(10)20-9-13(18)16-17-14(19)11-6-4-8-15-11/h2-8,15H,9H2,1H3,(H,16,18)(H,17,19). The summed E-state index contributed by atoms with van der Waals surface area (Å²) in [6.07, 6.45) is 1.64. The van der Waals surface area contributed by atoms with Crippen molar-refractivity contribution in [1.29, 1.82) is 0 Å². The van der Waals surface area contributed by atoms with E-state index in [1.807, 2.05) is 31.2 Å². The van der Waals surface area contributed by atoms with Gasteiger partial charge < -0.3 is 4.98 Å². The van der Waals surface area contributed by atoms with Crippen LogP contribution in [-0.4, -0.2) is 22.6 Å². The maximum Gasteiger partial charge on any atom is 0.286 e. The number of hydrogen-bond acceptors (Lipinski definition) is 3. The number of rotatable bonds is 4. The number of carbonyl (C=O) groups excluding carboxylic acids is 2. The van der Waals surface area contributed by atoms with Gasteiger partial charge in [0.2, 0.25) is 5.91 Å². The molecule has 2 rings (SSSR count). The average molecular weight is 289 g/mol. The molecule has 1 heterocycles. The predicted octanol–water partition coefficient (Wildman–Crippen LogP) is 1.88. The van der Waals surface area contributed by atoms with Crippen molar-refractivity contribution < 1.29 is 9.59 Å². The van der Waals surface area contributed by atoms with E-state index >= 15 is 0 Å². The van der Waals surface area contributed by atoms with Crippen LogP contribution in [0.15, 0.2) is 47.5 Å². The van der Waals surface area contributed by atoms with Crippen molar-refractivity contribution in [2.75, 3.05) is 5.75 Å². The molecule has 1 aromatic heterocycles. The molecule has 0 aliphatic rings. The summed E-state index contributed by atoms with van der Waals surface area (Å²) in [6, 6.07) is 11.2. The first kappa shape index (κ1) is 14.2. The molecule has 0 fully saturated rings. The van der Waals surface area contributed by atoms with Crippen molar-refractivity contribution in [3.8, 4) is 0 Å². The molecular weight excluding hydrogens is 274 g/mol. The van der Waals surface area contributed by atoms with Gasteiger partial charge in [0.25, 0.3) is 5.91 Å². The highest BCUT2D eigenvalue weighted by Gasteiger charge is 2.08. The van der Waals surface area contributed by atoms with Crippen LogP contribution in [0.1, 0.15) is 16.1 Å². The third kappa shape index (κ3) is 3.89. The zero-order valence-electron chi connectivity index (χ0n) is 11.0. The monoisotopic (exact) mass is 289 g/mol. The summed E-state index contributed by atoms with van der Waals surface area (Å²) in [6.45, 7) is 1.99.